The number of ether oxygens (including phenoxy) is 2. The normalized spacial score (nSPS) is 16.7. The number of aromatic nitrogens is 2. The van der Waals surface area contributed by atoms with Crippen LogP contribution in [0.3, 0.4) is 0 Å². The van der Waals surface area contributed by atoms with Gasteiger partial charge in [0.1, 0.15) is 24.7 Å². The van der Waals surface area contributed by atoms with Crippen LogP contribution in [-0.4, -0.2) is 141 Å². The number of hydrogen-bond acceptors (Lipinski definition) is 14. The Bertz CT molecular complexity index is 1080. The summed E-state index contributed by atoms with van der Waals surface area (Å²) in [6, 6.07) is 6.86. The smallest absolute Gasteiger partial charge is 0.123 e. The maximum Gasteiger partial charge on any atom is 0.123 e. The van der Waals surface area contributed by atoms with Crippen molar-refractivity contribution in [2.24, 2.45) is 0 Å². The monoisotopic (exact) mass is 668 g/mol. The van der Waals surface area contributed by atoms with Gasteiger partial charge in [-0.05, 0) is 20.1 Å². The molecule has 0 saturated carbocycles. The van der Waals surface area contributed by atoms with Gasteiger partial charge in [0.25, 0.3) is 0 Å². The first kappa shape index (κ1) is 37.7. The molecule has 0 radical (unpaired) electrons. The first-order chi connectivity index (χ1) is 21.8. The number of hydrogen-bond donors (Lipinski definition) is 5. The molecule has 2 saturated heterocycles. The van der Waals surface area contributed by atoms with E-state index in [0.717, 1.165) is 72.0 Å². The number of piperazine rings is 2. The highest BCUT2D eigenvalue weighted by Gasteiger charge is 2.25. The van der Waals surface area contributed by atoms with Crippen molar-refractivity contribution in [3.05, 3.63) is 47.0 Å². The Balaban J connectivity index is 0.000000257. The first-order valence-electron chi connectivity index (χ1n) is 15.6. The van der Waals surface area contributed by atoms with Crippen molar-refractivity contribution < 1.29 is 29.9 Å². The summed E-state index contributed by atoms with van der Waals surface area (Å²) in [5, 5.41) is 40.0. The molecule has 0 amide bonds. The Kier molecular flexibility index (Phi) is 17.2. The summed E-state index contributed by atoms with van der Waals surface area (Å²) in [5.41, 5.74) is 2.07. The Morgan fingerprint density at radius 1 is 0.689 bits per heavy atom. The van der Waals surface area contributed by atoms with Crippen LogP contribution in [0.4, 0.5) is 0 Å². The minimum absolute atomic E-state index is 0.151. The van der Waals surface area contributed by atoms with E-state index in [-0.39, 0.29) is 31.2 Å². The summed E-state index contributed by atoms with van der Waals surface area (Å²) in [6.07, 6.45) is 2.14. The zero-order chi connectivity index (χ0) is 32.5. The second-order valence-electron chi connectivity index (χ2n) is 11.6. The Labute approximate surface area is 275 Å². The van der Waals surface area contributed by atoms with Crippen molar-refractivity contribution in [2.75, 3.05) is 91.5 Å². The zero-order valence-corrected chi connectivity index (χ0v) is 28.6. The molecule has 2 aromatic rings. The van der Waals surface area contributed by atoms with Gasteiger partial charge >= 0.3 is 0 Å². The van der Waals surface area contributed by atoms with Crippen molar-refractivity contribution in [1.29, 1.82) is 0 Å². The fourth-order valence-electron chi connectivity index (χ4n) is 5.21. The van der Waals surface area contributed by atoms with Gasteiger partial charge in [-0.1, -0.05) is 21.6 Å². The molecule has 254 valence electrons. The predicted molar refractivity (Wildman–Crippen MR) is 181 cm³/mol. The second kappa shape index (κ2) is 20.5. The van der Waals surface area contributed by atoms with Crippen LogP contribution in [0.25, 0.3) is 0 Å². The molecule has 2 aromatic heterocycles. The van der Waals surface area contributed by atoms with Gasteiger partial charge in [-0.2, -0.15) is 0 Å². The fraction of sp³-hybridized carbons (Fsp3) is 0.677. The Hall–Kier alpha value is -1.72. The quantitative estimate of drug-likeness (QED) is 0.163. The van der Waals surface area contributed by atoms with Crippen LogP contribution in [0.2, 0.25) is 0 Å². The number of aliphatic hydroxyl groups is 4. The average Bonchev–Trinajstić information content (AvgIpc) is 3.05. The number of rotatable bonds is 16. The van der Waals surface area contributed by atoms with Crippen LogP contribution in [0.5, 0.6) is 11.5 Å². The van der Waals surface area contributed by atoms with Crippen LogP contribution < -0.4 is 14.8 Å². The standard InChI is InChI=1S/C18H31N3O3S2.C13H21N3O3/c1-18(2,26-25-3)14-21-6-4-20(5-7-21)8-9-24-17-10-15(12-22)19-16(11-17)13-23;17-9-11-7-13(8-12(10-18)15-11)19-6-5-16-3-1-14-2-4-16/h10-11,22-23H,4-9,12-14H2,1-3H3;7-8,14,17-18H,1-6,9-10H2. The van der Waals surface area contributed by atoms with Crippen LogP contribution in [0, 0.1) is 0 Å². The highest BCUT2D eigenvalue weighted by Crippen LogP contribution is 2.34. The third kappa shape index (κ3) is 14.3. The van der Waals surface area contributed by atoms with Crippen molar-refractivity contribution in [3.63, 3.8) is 0 Å². The minimum atomic E-state index is -0.155. The molecule has 0 bridgehead atoms. The van der Waals surface area contributed by atoms with Crippen molar-refractivity contribution >= 4 is 21.6 Å². The molecule has 0 unspecified atom stereocenters. The lowest BCUT2D eigenvalue weighted by molar-refractivity contribution is 0.112. The first-order valence-corrected chi connectivity index (χ1v) is 18.1. The number of nitrogens with one attached hydrogen (secondary N) is 1. The van der Waals surface area contributed by atoms with Gasteiger partial charge in [-0.3, -0.25) is 24.7 Å². The molecule has 4 rings (SSSR count). The van der Waals surface area contributed by atoms with E-state index < -0.39 is 0 Å². The molecule has 12 nitrogen and oxygen atoms in total. The molecule has 0 aromatic carbocycles. The lowest BCUT2D eigenvalue weighted by Gasteiger charge is -2.38. The average molecular weight is 669 g/mol. The number of aliphatic hydroxyl groups excluding tert-OH is 4. The zero-order valence-electron chi connectivity index (χ0n) is 27.0. The molecule has 0 spiro atoms. The molecule has 0 aliphatic carbocycles. The van der Waals surface area contributed by atoms with Crippen LogP contribution in [0.1, 0.15) is 36.6 Å². The van der Waals surface area contributed by atoms with E-state index >= 15 is 0 Å². The van der Waals surface area contributed by atoms with E-state index in [0.29, 0.717) is 47.5 Å². The van der Waals surface area contributed by atoms with Crippen molar-refractivity contribution in [1.82, 2.24) is 30.0 Å². The maximum atomic E-state index is 9.23. The fourth-order valence-corrected chi connectivity index (χ4v) is 7.41. The van der Waals surface area contributed by atoms with Gasteiger partial charge in [-0.25, -0.2) is 0 Å². The lowest BCUT2D eigenvalue weighted by atomic mass is 10.1. The van der Waals surface area contributed by atoms with E-state index in [1.807, 2.05) is 21.6 Å². The summed E-state index contributed by atoms with van der Waals surface area (Å²) in [5.74, 6) is 1.31. The third-order valence-electron chi connectivity index (χ3n) is 7.40. The molecule has 0 atom stereocenters. The third-order valence-corrected chi connectivity index (χ3v) is 10.00. The van der Waals surface area contributed by atoms with E-state index in [9.17, 15) is 10.2 Å². The molecule has 45 heavy (non-hydrogen) atoms. The van der Waals surface area contributed by atoms with Gasteiger partial charge in [0.2, 0.25) is 0 Å². The summed E-state index contributed by atoms with van der Waals surface area (Å²) >= 11 is 0. The summed E-state index contributed by atoms with van der Waals surface area (Å²) in [7, 11) is 3.79. The maximum absolute atomic E-state index is 9.23. The SMILES string of the molecule is CSSC(C)(C)CN1CCN(CCOc2cc(CO)nc(CO)c2)CC1.OCc1cc(OCCN2CCNCC2)cc(CO)n1. The van der Waals surface area contributed by atoms with E-state index in [1.165, 1.54) is 0 Å². The van der Waals surface area contributed by atoms with E-state index in [4.69, 9.17) is 19.7 Å². The lowest BCUT2D eigenvalue weighted by Crippen LogP contribution is -2.50. The number of pyridine rings is 2. The molecule has 2 aliphatic heterocycles. The topological polar surface area (TPSA) is 147 Å². The summed E-state index contributed by atoms with van der Waals surface area (Å²) < 4.78 is 11.8. The predicted octanol–water partition coefficient (Wildman–Crippen LogP) is 1.20. The largest absolute Gasteiger partial charge is 0.492 e. The highest BCUT2D eigenvalue weighted by molar-refractivity contribution is 8.76. The molecule has 2 aliphatic rings. The molecular formula is C31H52N6O6S2. The van der Waals surface area contributed by atoms with Gasteiger partial charge in [0.15, 0.2) is 0 Å². The molecule has 5 N–H and O–H groups in total. The molecular weight excluding hydrogens is 617 g/mol. The van der Waals surface area contributed by atoms with Gasteiger partial charge in [0, 0.05) is 101 Å². The second-order valence-corrected chi connectivity index (χ2v) is 14.7. The molecule has 4 heterocycles. The molecule has 2 fully saturated rings. The minimum Gasteiger partial charge on any atom is -0.492 e. The van der Waals surface area contributed by atoms with E-state index in [2.05, 4.69) is 50.1 Å². The molecule has 14 heteroatoms. The van der Waals surface area contributed by atoms with Crippen molar-refractivity contribution in [3.8, 4) is 11.5 Å². The summed E-state index contributed by atoms with van der Waals surface area (Å²) in [6.45, 7) is 16.5. The Morgan fingerprint density at radius 3 is 1.49 bits per heavy atom. The van der Waals surface area contributed by atoms with Crippen LogP contribution in [-0.2, 0) is 26.4 Å². The Morgan fingerprint density at radius 2 is 1.09 bits per heavy atom. The van der Waals surface area contributed by atoms with Crippen LogP contribution in [0.15, 0.2) is 24.3 Å². The summed E-state index contributed by atoms with van der Waals surface area (Å²) in [4.78, 5) is 15.5. The van der Waals surface area contributed by atoms with Crippen LogP contribution >= 0.6 is 21.6 Å². The number of nitrogens with zero attached hydrogens (tertiary/aromatic N) is 5. The van der Waals surface area contributed by atoms with Crippen molar-refractivity contribution in [2.45, 2.75) is 45.0 Å². The van der Waals surface area contributed by atoms with E-state index in [1.54, 1.807) is 24.3 Å². The van der Waals surface area contributed by atoms with Gasteiger partial charge in [0.05, 0.1) is 49.2 Å². The van der Waals surface area contributed by atoms with Gasteiger partial charge < -0.3 is 35.2 Å². The highest BCUT2D eigenvalue weighted by atomic mass is 33.1. The van der Waals surface area contributed by atoms with Gasteiger partial charge in [-0.15, -0.1) is 0 Å².